The third-order valence-corrected chi connectivity index (χ3v) is 4.38. The lowest BCUT2D eigenvalue weighted by Gasteiger charge is -2.44. The smallest absolute Gasteiger partial charge is 0.225 e. The average molecular weight is 310 g/mol. The number of amides is 1. The van der Waals surface area contributed by atoms with Crippen LogP contribution in [0, 0.1) is 5.92 Å². The predicted molar refractivity (Wildman–Crippen MR) is 80.3 cm³/mol. The van der Waals surface area contributed by atoms with Gasteiger partial charge in [-0.3, -0.25) is 4.79 Å². The van der Waals surface area contributed by atoms with Crippen molar-refractivity contribution in [3.63, 3.8) is 0 Å². The lowest BCUT2D eigenvalue weighted by Crippen LogP contribution is -2.53. The second kappa shape index (κ2) is 5.50. The van der Waals surface area contributed by atoms with Gasteiger partial charge in [0, 0.05) is 42.4 Å². The molecular weight excluding hydrogens is 290 g/mol. The number of ether oxygens (including phenoxy) is 2. The third-order valence-electron chi connectivity index (χ3n) is 4.14. The van der Waals surface area contributed by atoms with Crippen LogP contribution in [0.25, 0.3) is 0 Å². The van der Waals surface area contributed by atoms with Crippen molar-refractivity contribution in [2.24, 2.45) is 5.92 Å². The summed E-state index contributed by atoms with van der Waals surface area (Å²) in [6.45, 7) is 5.73. The van der Waals surface area contributed by atoms with Gasteiger partial charge in [0.05, 0.1) is 6.61 Å². The number of hydrogen-bond acceptors (Lipinski definition) is 3. The molecule has 0 unspecified atom stereocenters. The van der Waals surface area contributed by atoms with Crippen molar-refractivity contribution in [1.29, 1.82) is 0 Å². The molecule has 5 heteroatoms. The highest BCUT2D eigenvalue weighted by atomic mass is 35.5. The first-order chi connectivity index (χ1) is 9.99. The summed E-state index contributed by atoms with van der Waals surface area (Å²) in [6, 6.07) is 5.60. The highest BCUT2D eigenvalue weighted by Crippen LogP contribution is 2.38. The highest BCUT2D eigenvalue weighted by Gasteiger charge is 2.42. The van der Waals surface area contributed by atoms with Gasteiger partial charge in [0.2, 0.25) is 11.7 Å². The van der Waals surface area contributed by atoms with Crippen molar-refractivity contribution >= 4 is 17.5 Å². The number of likely N-dealkylation sites (tertiary alicyclic amines) is 1. The number of rotatable bonds is 1. The number of hydrogen-bond donors (Lipinski definition) is 0. The molecule has 2 aliphatic rings. The van der Waals surface area contributed by atoms with Gasteiger partial charge in [-0.1, -0.05) is 25.4 Å². The van der Waals surface area contributed by atoms with E-state index in [1.807, 2.05) is 36.9 Å². The SMILES string of the molecule is CC(C)C(=O)N1CCC2(CC1)OCc1cc(Cl)ccc1O2. The number of nitrogens with zero attached hydrogens (tertiary/aromatic N) is 1. The minimum atomic E-state index is -0.589. The Morgan fingerprint density at radius 2 is 2.05 bits per heavy atom. The number of benzene rings is 1. The number of piperidine rings is 1. The predicted octanol–water partition coefficient (Wildman–Crippen LogP) is 3.22. The average Bonchev–Trinajstić information content (AvgIpc) is 2.48. The largest absolute Gasteiger partial charge is 0.462 e. The van der Waals surface area contributed by atoms with Gasteiger partial charge in [0.25, 0.3) is 0 Å². The molecule has 1 saturated heterocycles. The lowest BCUT2D eigenvalue weighted by atomic mass is 10.00. The Bertz CT molecular complexity index is 550. The zero-order chi connectivity index (χ0) is 15.0. The van der Waals surface area contributed by atoms with Crippen molar-refractivity contribution in [2.75, 3.05) is 13.1 Å². The molecule has 0 N–H and O–H groups in total. The monoisotopic (exact) mass is 309 g/mol. The van der Waals surface area contributed by atoms with Gasteiger partial charge in [0.15, 0.2) is 0 Å². The summed E-state index contributed by atoms with van der Waals surface area (Å²) in [4.78, 5) is 13.9. The molecule has 0 radical (unpaired) electrons. The van der Waals surface area contributed by atoms with E-state index >= 15 is 0 Å². The molecule has 1 amide bonds. The fourth-order valence-electron chi connectivity index (χ4n) is 2.88. The zero-order valence-electron chi connectivity index (χ0n) is 12.4. The molecule has 0 bridgehead atoms. The highest BCUT2D eigenvalue weighted by molar-refractivity contribution is 6.30. The van der Waals surface area contributed by atoms with Gasteiger partial charge >= 0.3 is 0 Å². The Kier molecular flexibility index (Phi) is 3.84. The van der Waals surface area contributed by atoms with Crippen LogP contribution >= 0.6 is 11.6 Å². The first-order valence-corrected chi connectivity index (χ1v) is 7.77. The molecule has 1 spiro atoms. The van der Waals surface area contributed by atoms with E-state index < -0.39 is 5.79 Å². The maximum Gasteiger partial charge on any atom is 0.225 e. The van der Waals surface area contributed by atoms with Crippen molar-refractivity contribution in [1.82, 2.24) is 4.90 Å². The minimum Gasteiger partial charge on any atom is -0.462 e. The van der Waals surface area contributed by atoms with E-state index in [0.29, 0.717) is 37.6 Å². The maximum atomic E-state index is 12.0. The number of carbonyl (C=O) groups excluding carboxylic acids is 1. The molecule has 21 heavy (non-hydrogen) atoms. The van der Waals surface area contributed by atoms with Gasteiger partial charge < -0.3 is 14.4 Å². The van der Waals surface area contributed by atoms with Crippen LogP contribution in [0.1, 0.15) is 32.3 Å². The Morgan fingerprint density at radius 3 is 2.71 bits per heavy atom. The molecule has 0 saturated carbocycles. The molecule has 3 rings (SSSR count). The first-order valence-electron chi connectivity index (χ1n) is 7.39. The second-order valence-electron chi connectivity index (χ2n) is 6.03. The van der Waals surface area contributed by atoms with Gasteiger partial charge in [-0.25, -0.2) is 0 Å². The maximum absolute atomic E-state index is 12.0. The standard InChI is InChI=1S/C16H20ClNO3/c1-11(2)15(19)18-7-5-16(6-8-18)20-10-12-9-13(17)3-4-14(12)21-16/h3-4,9,11H,5-8,10H2,1-2H3. The number of fused-ring (bicyclic) bond motifs is 1. The molecular formula is C16H20ClNO3. The Morgan fingerprint density at radius 1 is 1.33 bits per heavy atom. The summed E-state index contributed by atoms with van der Waals surface area (Å²) < 4.78 is 12.0. The molecule has 2 heterocycles. The zero-order valence-corrected chi connectivity index (χ0v) is 13.2. The van der Waals surface area contributed by atoms with Gasteiger partial charge in [0.1, 0.15) is 5.75 Å². The number of carbonyl (C=O) groups is 1. The van der Waals surface area contributed by atoms with Crippen LogP contribution in [0.4, 0.5) is 0 Å². The van der Waals surface area contributed by atoms with Crippen LogP contribution in [0.15, 0.2) is 18.2 Å². The Hall–Kier alpha value is -1.26. The Balaban J connectivity index is 1.69. The van der Waals surface area contributed by atoms with E-state index in [9.17, 15) is 4.79 Å². The lowest BCUT2D eigenvalue weighted by molar-refractivity contribution is -0.228. The number of halogens is 1. The van der Waals surface area contributed by atoms with Crippen molar-refractivity contribution < 1.29 is 14.3 Å². The normalized spacial score (nSPS) is 20.3. The molecule has 0 atom stereocenters. The van der Waals surface area contributed by atoms with E-state index in [-0.39, 0.29) is 11.8 Å². The summed E-state index contributed by atoms with van der Waals surface area (Å²) in [5, 5.41) is 0.689. The van der Waals surface area contributed by atoms with Crippen molar-refractivity contribution in [2.45, 2.75) is 39.1 Å². The van der Waals surface area contributed by atoms with E-state index in [0.717, 1.165) is 11.3 Å². The molecule has 4 nitrogen and oxygen atoms in total. The van der Waals surface area contributed by atoms with Crippen LogP contribution in [0.3, 0.4) is 0 Å². The van der Waals surface area contributed by atoms with Crippen LogP contribution in [-0.2, 0) is 16.1 Å². The van der Waals surface area contributed by atoms with Crippen molar-refractivity contribution in [3.8, 4) is 5.75 Å². The van der Waals surface area contributed by atoms with E-state index in [2.05, 4.69) is 0 Å². The Labute approximate surface area is 130 Å². The molecule has 1 aromatic rings. The van der Waals surface area contributed by atoms with Crippen LogP contribution in [0.2, 0.25) is 5.02 Å². The fraction of sp³-hybridized carbons (Fsp3) is 0.562. The molecule has 1 fully saturated rings. The third kappa shape index (κ3) is 2.87. The van der Waals surface area contributed by atoms with Crippen LogP contribution in [-0.4, -0.2) is 29.7 Å². The van der Waals surface area contributed by atoms with E-state index in [1.54, 1.807) is 0 Å². The molecule has 1 aromatic carbocycles. The first kappa shape index (κ1) is 14.7. The van der Waals surface area contributed by atoms with Gasteiger partial charge in [-0.05, 0) is 18.2 Å². The molecule has 2 aliphatic heterocycles. The summed E-state index contributed by atoms with van der Waals surface area (Å²) in [5.74, 6) is 0.492. The van der Waals surface area contributed by atoms with Crippen molar-refractivity contribution in [3.05, 3.63) is 28.8 Å². The summed E-state index contributed by atoms with van der Waals surface area (Å²) in [5.41, 5.74) is 0.980. The molecule has 0 aromatic heterocycles. The summed E-state index contributed by atoms with van der Waals surface area (Å²) in [7, 11) is 0. The quantitative estimate of drug-likeness (QED) is 0.799. The van der Waals surface area contributed by atoms with Crippen LogP contribution < -0.4 is 4.74 Å². The molecule has 114 valence electrons. The van der Waals surface area contributed by atoms with Gasteiger partial charge in [-0.15, -0.1) is 0 Å². The topological polar surface area (TPSA) is 38.8 Å². The summed E-state index contributed by atoms with van der Waals surface area (Å²) in [6.07, 6.45) is 1.40. The fourth-order valence-corrected chi connectivity index (χ4v) is 3.07. The van der Waals surface area contributed by atoms with E-state index in [1.165, 1.54) is 0 Å². The van der Waals surface area contributed by atoms with Crippen LogP contribution in [0.5, 0.6) is 5.75 Å². The molecule has 0 aliphatic carbocycles. The minimum absolute atomic E-state index is 0.0371. The van der Waals surface area contributed by atoms with E-state index in [4.69, 9.17) is 21.1 Å². The van der Waals surface area contributed by atoms with Gasteiger partial charge in [-0.2, -0.15) is 0 Å². The second-order valence-corrected chi connectivity index (χ2v) is 6.47. The summed E-state index contributed by atoms with van der Waals surface area (Å²) >= 11 is 5.98.